The van der Waals surface area contributed by atoms with Crippen LogP contribution in [0.2, 0.25) is 0 Å². The van der Waals surface area contributed by atoms with E-state index in [0.717, 1.165) is 19.6 Å². The van der Waals surface area contributed by atoms with E-state index in [1.165, 1.54) is 0 Å². The third-order valence-electron chi connectivity index (χ3n) is 1.55. The van der Waals surface area contributed by atoms with Crippen molar-refractivity contribution in [2.24, 2.45) is 0 Å². The van der Waals surface area contributed by atoms with Crippen LogP contribution in [0.5, 0.6) is 0 Å². The quantitative estimate of drug-likeness (QED) is 0.550. The first kappa shape index (κ1) is 9.88. The van der Waals surface area contributed by atoms with Gasteiger partial charge >= 0.3 is 0 Å². The van der Waals surface area contributed by atoms with Gasteiger partial charge in [0.1, 0.15) is 0 Å². The molecule has 0 aliphatic carbocycles. The van der Waals surface area contributed by atoms with Crippen LogP contribution in [0, 0.1) is 0 Å². The van der Waals surface area contributed by atoms with E-state index in [2.05, 4.69) is 36.4 Å². The third-order valence-corrected chi connectivity index (χ3v) is 1.55. The van der Waals surface area contributed by atoms with Gasteiger partial charge in [-0.25, -0.2) is 10.0 Å². The van der Waals surface area contributed by atoms with E-state index in [9.17, 15) is 0 Å². The zero-order valence-electron chi connectivity index (χ0n) is 7.52. The summed E-state index contributed by atoms with van der Waals surface area (Å²) in [4.78, 5) is 0. The Balaban J connectivity index is 3.40. The van der Waals surface area contributed by atoms with Gasteiger partial charge in [-0.05, 0) is 7.05 Å². The second kappa shape index (κ2) is 5.65. The normalized spacial score (nSPS) is 11.4. The van der Waals surface area contributed by atoms with Crippen molar-refractivity contribution in [3.05, 3.63) is 0 Å². The highest BCUT2D eigenvalue weighted by atomic mass is 15.6. The van der Waals surface area contributed by atoms with Gasteiger partial charge in [-0.2, -0.15) is 0 Å². The number of nitrogens with zero attached hydrogens (tertiary/aromatic N) is 2. The number of rotatable bonds is 5. The Labute approximate surface area is 64.0 Å². The molecular formula is C7H19N3. The second-order valence-corrected chi connectivity index (χ2v) is 2.50. The van der Waals surface area contributed by atoms with Gasteiger partial charge < -0.3 is 5.32 Å². The molecule has 0 saturated heterocycles. The standard InChI is InChI=1S/C7H19N3/c1-5-10(9(3)4)7-6-8-2/h8H,5-7H2,1-4H3. The molecule has 0 amide bonds. The van der Waals surface area contributed by atoms with Crippen LogP contribution in [0.3, 0.4) is 0 Å². The molecule has 0 bridgehead atoms. The molecule has 0 aromatic carbocycles. The minimum absolute atomic E-state index is 1.05. The first-order valence-corrected chi connectivity index (χ1v) is 3.79. The fourth-order valence-corrected chi connectivity index (χ4v) is 0.882. The molecule has 3 heteroatoms. The summed E-state index contributed by atoms with van der Waals surface area (Å²) in [5, 5.41) is 7.52. The number of hydrogen-bond acceptors (Lipinski definition) is 3. The Morgan fingerprint density at radius 2 is 1.90 bits per heavy atom. The van der Waals surface area contributed by atoms with E-state index < -0.39 is 0 Å². The molecule has 0 heterocycles. The number of nitrogens with one attached hydrogen (secondary N) is 1. The SMILES string of the molecule is CCN(CCNC)N(C)C. The van der Waals surface area contributed by atoms with Crippen molar-refractivity contribution >= 4 is 0 Å². The zero-order chi connectivity index (χ0) is 7.98. The summed E-state index contributed by atoms with van der Waals surface area (Å²) in [6, 6.07) is 0. The Bertz CT molecular complexity index is 73.3. The molecule has 10 heavy (non-hydrogen) atoms. The first-order valence-electron chi connectivity index (χ1n) is 3.79. The summed E-state index contributed by atoms with van der Waals surface area (Å²) in [6.07, 6.45) is 0. The zero-order valence-corrected chi connectivity index (χ0v) is 7.52. The van der Waals surface area contributed by atoms with Crippen LogP contribution in [0.25, 0.3) is 0 Å². The lowest BCUT2D eigenvalue weighted by atomic mass is 10.5. The van der Waals surface area contributed by atoms with Crippen LogP contribution >= 0.6 is 0 Å². The minimum atomic E-state index is 1.05. The molecule has 0 rings (SSSR count). The van der Waals surface area contributed by atoms with Crippen LogP contribution in [0.1, 0.15) is 6.92 Å². The van der Waals surface area contributed by atoms with Crippen molar-refractivity contribution in [3.63, 3.8) is 0 Å². The summed E-state index contributed by atoms with van der Waals surface area (Å²) >= 11 is 0. The molecule has 3 nitrogen and oxygen atoms in total. The van der Waals surface area contributed by atoms with Crippen molar-refractivity contribution in [2.45, 2.75) is 6.92 Å². The molecule has 62 valence electrons. The van der Waals surface area contributed by atoms with Gasteiger partial charge in [-0.3, -0.25) is 0 Å². The number of hydrogen-bond donors (Lipinski definition) is 1. The molecule has 0 fully saturated rings. The molecule has 0 aliphatic rings. The van der Waals surface area contributed by atoms with Gasteiger partial charge in [0.25, 0.3) is 0 Å². The topological polar surface area (TPSA) is 18.5 Å². The van der Waals surface area contributed by atoms with E-state index in [1.54, 1.807) is 0 Å². The lowest BCUT2D eigenvalue weighted by Crippen LogP contribution is -2.40. The maximum absolute atomic E-state index is 3.12. The molecule has 0 radical (unpaired) electrons. The van der Waals surface area contributed by atoms with E-state index in [-0.39, 0.29) is 0 Å². The average molecular weight is 145 g/mol. The van der Waals surface area contributed by atoms with Crippen molar-refractivity contribution in [1.29, 1.82) is 0 Å². The summed E-state index contributed by atoms with van der Waals surface area (Å²) in [5.41, 5.74) is 0. The Hall–Kier alpha value is -0.120. The lowest BCUT2D eigenvalue weighted by molar-refractivity contribution is 0.0328. The highest BCUT2D eigenvalue weighted by Crippen LogP contribution is 1.87. The van der Waals surface area contributed by atoms with Crippen LogP contribution in [-0.2, 0) is 0 Å². The Morgan fingerprint density at radius 1 is 1.30 bits per heavy atom. The van der Waals surface area contributed by atoms with Gasteiger partial charge in [0, 0.05) is 33.7 Å². The number of likely N-dealkylation sites (N-methyl/N-ethyl adjacent to an activating group) is 2. The van der Waals surface area contributed by atoms with Gasteiger partial charge in [0.2, 0.25) is 0 Å². The summed E-state index contributed by atoms with van der Waals surface area (Å²) < 4.78 is 0. The molecule has 0 spiro atoms. The molecular weight excluding hydrogens is 126 g/mol. The van der Waals surface area contributed by atoms with Crippen molar-refractivity contribution in [2.75, 3.05) is 40.8 Å². The van der Waals surface area contributed by atoms with E-state index in [1.807, 2.05) is 7.05 Å². The first-order chi connectivity index (χ1) is 4.72. The summed E-state index contributed by atoms with van der Waals surface area (Å²) in [7, 11) is 6.11. The molecule has 0 unspecified atom stereocenters. The predicted molar refractivity (Wildman–Crippen MR) is 44.9 cm³/mol. The number of hydrazine groups is 1. The van der Waals surface area contributed by atoms with Crippen molar-refractivity contribution in [1.82, 2.24) is 15.3 Å². The summed E-state index contributed by atoms with van der Waals surface area (Å²) in [6.45, 7) is 5.37. The molecule has 1 N–H and O–H groups in total. The van der Waals surface area contributed by atoms with Crippen molar-refractivity contribution < 1.29 is 0 Å². The minimum Gasteiger partial charge on any atom is -0.318 e. The average Bonchev–Trinajstić information content (AvgIpc) is 1.89. The van der Waals surface area contributed by atoms with Crippen LogP contribution in [0.4, 0.5) is 0 Å². The van der Waals surface area contributed by atoms with Crippen LogP contribution in [0.15, 0.2) is 0 Å². The third kappa shape index (κ3) is 3.82. The van der Waals surface area contributed by atoms with E-state index in [0.29, 0.717) is 0 Å². The highest BCUT2D eigenvalue weighted by molar-refractivity contribution is 4.49. The van der Waals surface area contributed by atoms with Gasteiger partial charge in [0.15, 0.2) is 0 Å². The Kier molecular flexibility index (Phi) is 5.58. The molecule has 0 aromatic heterocycles. The predicted octanol–water partition coefficient (Wildman–Crippen LogP) is 0.00430. The lowest BCUT2D eigenvalue weighted by Gasteiger charge is -2.27. The fraction of sp³-hybridized carbons (Fsp3) is 1.00. The molecule has 0 saturated carbocycles. The maximum Gasteiger partial charge on any atom is 0.0258 e. The highest BCUT2D eigenvalue weighted by Gasteiger charge is 2.01. The van der Waals surface area contributed by atoms with Gasteiger partial charge in [-0.1, -0.05) is 6.92 Å². The molecule has 0 aliphatic heterocycles. The fourth-order valence-electron chi connectivity index (χ4n) is 0.882. The van der Waals surface area contributed by atoms with E-state index in [4.69, 9.17) is 0 Å². The van der Waals surface area contributed by atoms with Crippen LogP contribution < -0.4 is 5.32 Å². The Morgan fingerprint density at radius 3 is 2.20 bits per heavy atom. The largest absolute Gasteiger partial charge is 0.318 e. The van der Waals surface area contributed by atoms with Gasteiger partial charge in [-0.15, -0.1) is 0 Å². The molecule has 0 atom stereocenters. The molecule has 0 aromatic rings. The maximum atomic E-state index is 3.12. The van der Waals surface area contributed by atoms with Crippen LogP contribution in [-0.4, -0.2) is 50.8 Å². The summed E-state index contributed by atoms with van der Waals surface area (Å²) in [5.74, 6) is 0. The second-order valence-electron chi connectivity index (χ2n) is 2.50. The van der Waals surface area contributed by atoms with E-state index >= 15 is 0 Å². The van der Waals surface area contributed by atoms with Gasteiger partial charge in [0.05, 0.1) is 0 Å². The monoisotopic (exact) mass is 145 g/mol. The van der Waals surface area contributed by atoms with Crippen molar-refractivity contribution in [3.8, 4) is 0 Å². The smallest absolute Gasteiger partial charge is 0.0258 e.